The first-order valence-electron chi connectivity index (χ1n) is 13.9. The van der Waals surface area contributed by atoms with E-state index in [9.17, 15) is 0 Å². The summed E-state index contributed by atoms with van der Waals surface area (Å²) in [6.45, 7) is 13.6. The molecule has 0 saturated carbocycles. The number of para-hydroxylation sites is 1. The molecule has 6 aromatic rings. The Balaban J connectivity index is 0.000000233. The number of rotatable bonds is 5. The monoisotopic (exact) mass is 733 g/mol. The van der Waals surface area contributed by atoms with Crippen LogP contribution in [0.3, 0.4) is 0 Å². The second kappa shape index (κ2) is 13.1. The second-order valence-corrected chi connectivity index (χ2v) is 16.8. The third-order valence-corrected chi connectivity index (χ3v) is 8.89. The number of pyridine rings is 2. The van der Waals surface area contributed by atoms with Gasteiger partial charge in [-0.15, -0.1) is 53.2 Å². The van der Waals surface area contributed by atoms with E-state index in [1.807, 2.05) is 55.7 Å². The van der Waals surface area contributed by atoms with E-state index in [4.69, 9.17) is 4.42 Å². The van der Waals surface area contributed by atoms with E-state index in [1.165, 1.54) is 27.1 Å². The van der Waals surface area contributed by atoms with E-state index in [0.29, 0.717) is 5.92 Å². The standard InChI is InChI=1S/C24H26NOSi.C12H10N.Ir/c1-16(2)14-17-12-13-25-20(15-17)18-10-11-22(27(3,4)5)23-19-8-6-7-9-21(19)26-24(18)23;1-10-7-8-12(13-9-10)11-5-3-2-4-6-11;/h6-9,11-13,15-16H,14H2,1-5H3;2-5,7-9H,1H3;/q2*-1;. The van der Waals surface area contributed by atoms with Crippen LogP contribution >= 0.6 is 0 Å². The largest absolute Gasteiger partial charge is 0.501 e. The summed E-state index contributed by atoms with van der Waals surface area (Å²) in [4.78, 5) is 8.97. The molecule has 0 spiro atoms. The Morgan fingerprint density at radius 2 is 1.66 bits per heavy atom. The molecule has 0 N–H and O–H groups in total. The minimum absolute atomic E-state index is 0. The molecule has 3 aromatic heterocycles. The SMILES string of the molecule is CC(C)Cc1ccnc(-c2[c-]cc([Si](C)(C)C)c3c2oc2ccccc23)c1.Cc1ccc(-c2[c-]cccc2)nc1.[Ir]. The molecule has 3 aromatic carbocycles. The van der Waals surface area contributed by atoms with E-state index >= 15 is 0 Å². The maximum Gasteiger partial charge on any atom is 0.120 e. The summed E-state index contributed by atoms with van der Waals surface area (Å²) in [6.07, 6.45) is 4.82. The van der Waals surface area contributed by atoms with Gasteiger partial charge in [0.05, 0.1) is 5.58 Å². The van der Waals surface area contributed by atoms with Crippen LogP contribution in [0.25, 0.3) is 44.5 Å². The number of aryl methyl sites for hydroxylation is 1. The van der Waals surface area contributed by atoms with Crippen LogP contribution in [-0.2, 0) is 26.5 Å². The van der Waals surface area contributed by atoms with Crippen LogP contribution < -0.4 is 5.19 Å². The molecule has 0 unspecified atom stereocenters. The molecule has 0 amide bonds. The Kier molecular flexibility index (Phi) is 9.75. The Morgan fingerprint density at radius 1 is 0.878 bits per heavy atom. The Hall–Kier alpha value is -3.37. The molecule has 0 bridgehead atoms. The molecule has 0 aliphatic carbocycles. The fourth-order valence-electron chi connectivity index (χ4n) is 4.94. The zero-order chi connectivity index (χ0) is 28.3. The quantitative estimate of drug-likeness (QED) is 0.131. The van der Waals surface area contributed by atoms with Crippen LogP contribution in [0.1, 0.15) is 25.0 Å². The van der Waals surface area contributed by atoms with Crippen LogP contribution in [-0.4, -0.2) is 18.0 Å². The van der Waals surface area contributed by atoms with Crippen LogP contribution in [0.5, 0.6) is 0 Å². The van der Waals surface area contributed by atoms with E-state index in [-0.39, 0.29) is 20.1 Å². The molecule has 3 heterocycles. The van der Waals surface area contributed by atoms with Gasteiger partial charge in [-0.25, -0.2) is 0 Å². The maximum absolute atomic E-state index is 6.35. The topological polar surface area (TPSA) is 38.9 Å². The molecule has 6 rings (SSSR count). The zero-order valence-corrected chi connectivity index (χ0v) is 28.0. The number of fused-ring (bicyclic) bond motifs is 3. The van der Waals surface area contributed by atoms with Crippen LogP contribution in [0.4, 0.5) is 0 Å². The summed E-state index contributed by atoms with van der Waals surface area (Å²) in [5.41, 5.74) is 8.28. The van der Waals surface area contributed by atoms with Gasteiger partial charge in [0, 0.05) is 46.0 Å². The maximum atomic E-state index is 6.35. The van der Waals surface area contributed by atoms with Gasteiger partial charge in [0.2, 0.25) is 0 Å². The summed E-state index contributed by atoms with van der Waals surface area (Å²) < 4.78 is 6.35. The number of hydrogen-bond donors (Lipinski definition) is 0. The summed E-state index contributed by atoms with van der Waals surface area (Å²) in [5, 5.41) is 3.83. The van der Waals surface area contributed by atoms with Crippen molar-refractivity contribution in [1.82, 2.24) is 9.97 Å². The van der Waals surface area contributed by atoms with Gasteiger partial charge in [-0.05, 0) is 48.3 Å². The Labute approximate surface area is 258 Å². The molecule has 0 aliphatic rings. The van der Waals surface area contributed by atoms with Crippen molar-refractivity contribution in [2.24, 2.45) is 5.92 Å². The molecule has 5 heteroatoms. The number of furan rings is 1. The van der Waals surface area contributed by atoms with Gasteiger partial charge in [0.25, 0.3) is 0 Å². The van der Waals surface area contributed by atoms with Crippen LogP contribution in [0, 0.1) is 25.0 Å². The van der Waals surface area contributed by atoms with Crippen molar-refractivity contribution < 1.29 is 24.5 Å². The first-order valence-corrected chi connectivity index (χ1v) is 17.4. The first-order chi connectivity index (χ1) is 19.2. The Morgan fingerprint density at radius 3 is 2.34 bits per heavy atom. The molecule has 3 nitrogen and oxygen atoms in total. The molecule has 0 aliphatic heterocycles. The van der Waals surface area contributed by atoms with Gasteiger partial charge in [0.15, 0.2) is 0 Å². The van der Waals surface area contributed by atoms with Gasteiger partial charge in [-0.3, -0.25) is 0 Å². The number of aromatic nitrogens is 2. The molecular formula is C36H36IrN2OSi-2. The van der Waals surface area contributed by atoms with Crippen molar-refractivity contribution in [1.29, 1.82) is 0 Å². The fourth-order valence-corrected chi connectivity index (χ4v) is 6.45. The van der Waals surface area contributed by atoms with Gasteiger partial charge in [-0.2, -0.15) is 0 Å². The van der Waals surface area contributed by atoms with E-state index < -0.39 is 8.07 Å². The molecule has 1 radical (unpaired) electrons. The minimum Gasteiger partial charge on any atom is -0.501 e. The smallest absolute Gasteiger partial charge is 0.120 e. The predicted molar refractivity (Wildman–Crippen MR) is 171 cm³/mol. The normalized spacial score (nSPS) is 11.3. The number of hydrogen-bond acceptors (Lipinski definition) is 3. The number of nitrogens with zero attached hydrogens (tertiary/aromatic N) is 2. The van der Waals surface area contributed by atoms with E-state index in [0.717, 1.165) is 40.1 Å². The van der Waals surface area contributed by atoms with Gasteiger partial charge in [0.1, 0.15) is 5.58 Å². The summed E-state index contributed by atoms with van der Waals surface area (Å²) >= 11 is 0. The molecule has 0 fully saturated rings. The summed E-state index contributed by atoms with van der Waals surface area (Å²) in [5.74, 6) is 0.615. The van der Waals surface area contributed by atoms with Gasteiger partial charge in [-0.1, -0.05) is 86.4 Å². The fraction of sp³-hybridized carbons (Fsp3) is 0.222. The van der Waals surface area contributed by atoms with Gasteiger partial charge >= 0.3 is 0 Å². The molecule has 41 heavy (non-hydrogen) atoms. The zero-order valence-electron chi connectivity index (χ0n) is 24.6. The molecule has 0 atom stereocenters. The average Bonchev–Trinajstić information content (AvgIpc) is 3.33. The Bertz CT molecular complexity index is 1740. The third-order valence-electron chi connectivity index (χ3n) is 6.88. The predicted octanol–water partition coefficient (Wildman–Crippen LogP) is 9.05. The van der Waals surface area contributed by atoms with E-state index in [1.54, 1.807) is 0 Å². The van der Waals surface area contributed by atoms with Crippen molar-refractivity contribution >= 4 is 35.2 Å². The first kappa shape index (κ1) is 30.6. The molecular weight excluding hydrogens is 697 g/mol. The van der Waals surface area contributed by atoms with Crippen molar-refractivity contribution in [3.8, 4) is 22.5 Å². The molecule has 0 saturated heterocycles. The summed E-state index contributed by atoms with van der Waals surface area (Å²) in [7, 11) is -1.55. The van der Waals surface area contributed by atoms with Crippen LogP contribution in [0.15, 0.2) is 95.7 Å². The van der Waals surface area contributed by atoms with E-state index in [2.05, 4.69) is 98.1 Å². The summed E-state index contributed by atoms with van der Waals surface area (Å²) in [6, 6.07) is 33.4. The average molecular weight is 733 g/mol. The molecule has 211 valence electrons. The second-order valence-electron chi connectivity index (χ2n) is 11.8. The van der Waals surface area contributed by atoms with Crippen molar-refractivity contribution in [2.45, 2.75) is 46.8 Å². The van der Waals surface area contributed by atoms with Gasteiger partial charge < -0.3 is 14.4 Å². The van der Waals surface area contributed by atoms with Crippen molar-refractivity contribution in [3.05, 3.63) is 115 Å². The van der Waals surface area contributed by atoms with Crippen molar-refractivity contribution in [2.75, 3.05) is 0 Å². The number of benzene rings is 3. The minimum atomic E-state index is -1.55. The third kappa shape index (κ3) is 7.10. The van der Waals surface area contributed by atoms with Crippen molar-refractivity contribution in [3.63, 3.8) is 0 Å². The van der Waals surface area contributed by atoms with Crippen LogP contribution in [0.2, 0.25) is 19.6 Å².